The lowest BCUT2D eigenvalue weighted by molar-refractivity contribution is -0.0380. The number of amides is 1. The van der Waals surface area contributed by atoms with E-state index in [-0.39, 0.29) is 24.0 Å². The minimum atomic E-state index is -0.480. The van der Waals surface area contributed by atoms with Crippen LogP contribution in [0.25, 0.3) is 0 Å². The maximum Gasteiger partial charge on any atom is 0.410 e. The molecule has 3 heterocycles. The van der Waals surface area contributed by atoms with Gasteiger partial charge in [-0.25, -0.2) is 9.18 Å². The lowest BCUT2D eigenvalue weighted by Gasteiger charge is -2.56. The van der Waals surface area contributed by atoms with Crippen LogP contribution in [0.5, 0.6) is 0 Å². The number of halogens is 1. The number of anilines is 1. The third-order valence-electron chi connectivity index (χ3n) is 3.99. The van der Waals surface area contributed by atoms with Gasteiger partial charge in [0.1, 0.15) is 11.4 Å². The quantitative estimate of drug-likeness (QED) is 0.797. The molecule has 0 N–H and O–H groups in total. The molecule has 2 unspecified atom stereocenters. The summed E-state index contributed by atoms with van der Waals surface area (Å²) in [6.07, 6.45) is 0.724. The van der Waals surface area contributed by atoms with Crippen molar-refractivity contribution >= 4 is 11.8 Å². The summed E-state index contributed by atoms with van der Waals surface area (Å²) < 4.78 is 19.3. The molecule has 0 radical (unpaired) electrons. The molecule has 21 heavy (non-hydrogen) atoms. The molecular weight excluding hydrogens is 271 g/mol. The van der Waals surface area contributed by atoms with Crippen LogP contribution in [-0.2, 0) is 4.74 Å². The smallest absolute Gasteiger partial charge is 0.410 e. The Balaban J connectivity index is 1.68. The summed E-state index contributed by atoms with van der Waals surface area (Å²) in [7, 11) is 0. The van der Waals surface area contributed by atoms with E-state index in [4.69, 9.17) is 4.74 Å². The number of rotatable bonds is 1. The average molecular weight is 292 g/mol. The number of carbonyl (C=O) groups excluding carboxylic acids is 1. The van der Waals surface area contributed by atoms with Gasteiger partial charge in [-0.05, 0) is 39.3 Å². The van der Waals surface area contributed by atoms with Crippen LogP contribution in [-0.4, -0.2) is 41.8 Å². The maximum absolute atomic E-state index is 13.8. The zero-order valence-corrected chi connectivity index (χ0v) is 12.7. The molecule has 0 aromatic heterocycles. The van der Waals surface area contributed by atoms with Gasteiger partial charge in [-0.3, -0.25) is 4.90 Å². The van der Waals surface area contributed by atoms with Crippen molar-refractivity contribution in [1.29, 1.82) is 0 Å². The predicted octanol–water partition coefficient (Wildman–Crippen LogP) is 3.02. The summed E-state index contributed by atoms with van der Waals surface area (Å²) in [6.45, 7) is 6.93. The molecule has 5 heteroatoms. The van der Waals surface area contributed by atoms with E-state index in [0.29, 0.717) is 18.8 Å². The second-order valence-electron chi connectivity index (χ2n) is 6.79. The zero-order chi connectivity index (χ0) is 15.2. The fourth-order valence-electron chi connectivity index (χ4n) is 3.13. The van der Waals surface area contributed by atoms with Gasteiger partial charge in [-0.15, -0.1) is 0 Å². The summed E-state index contributed by atoms with van der Waals surface area (Å²) in [5.74, 6) is -0.206. The van der Waals surface area contributed by atoms with Gasteiger partial charge in [-0.2, -0.15) is 0 Å². The predicted molar refractivity (Wildman–Crippen MR) is 78.9 cm³/mol. The van der Waals surface area contributed by atoms with Crippen LogP contribution in [0.3, 0.4) is 0 Å². The molecule has 0 spiro atoms. The molecule has 4 rings (SSSR count). The molecule has 3 aliphatic heterocycles. The van der Waals surface area contributed by atoms with E-state index in [0.717, 1.165) is 6.42 Å². The van der Waals surface area contributed by atoms with Gasteiger partial charge in [0.25, 0.3) is 0 Å². The number of hydrogen-bond donors (Lipinski definition) is 0. The Labute approximate surface area is 124 Å². The molecule has 4 nitrogen and oxygen atoms in total. The van der Waals surface area contributed by atoms with Crippen LogP contribution in [0.4, 0.5) is 14.9 Å². The number of piperazine rings is 1. The van der Waals surface area contributed by atoms with Crippen LogP contribution in [0.1, 0.15) is 27.2 Å². The van der Waals surface area contributed by atoms with Crippen molar-refractivity contribution in [2.75, 3.05) is 18.0 Å². The third-order valence-corrected chi connectivity index (χ3v) is 3.99. The Kier molecular flexibility index (Phi) is 3.30. The summed E-state index contributed by atoms with van der Waals surface area (Å²) in [4.78, 5) is 16.0. The Bertz CT molecular complexity index is 543. The molecule has 3 aliphatic rings. The van der Waals surface area contributed by atoms with Crippen molar-refractivity contribution in [2.45, 2.75) is 44.9 Å². The molecule has 1 aromatic carbocycles. The SMILES string of the molecule is CC(C)(C)OC(=O)N1C2CC1CN(c1ccccc1F)C2. The first-order chi connectivity index (χ1) is 9.85. The highest BCUT2D eigenvalue weighted by Gasteiger charge is 2.49. The van der Waals surface area contributed by atoms with E-state index in [1.165, 1.54) is 6.07 Å². The Morgan fingerprint density at radius 1 is 1.24 bits per heavy atom. The number of benzene rings is 1. The van der Waals surface area contributed by atoms with Crippen molar-refractivity contribution in [3.63, 3.8) is 0 Å². The lowest BCUT2D eigenvalue weighted by atomic mass is 9.87. The second-order valence-corrected chi connectivity index (χ2v) is 6.79. The van der Waals surface area contributed by atoms with Crippen LogP contribution >= 0.6 is 0 Å². The highest BCUT2D eigenvalue weighted by atomic mass is 19.1. The average Bonchev–Trinajstić information content (AvgIpc) is 2.36. The van der Waals surface area contributed by atoms with Gasteiger partial charge in [-0.1, -0.05) is 12.1 Å². The number of carbonyl (C=O) groups is 1. The fraction of sp³-hybridized carbons (Fsp3) is 0.562. The minimum Gasteiger partial charge on any atom is -0.444 e. The standard InChI is InChI=1S/C16H21FN2O2/c1-16(2,3)21-15(20)19-11-8-12(19)10-18(9-11)14-7-5-4-6-13(14)17/h4-7,11-12H,8-10H2,1-3H3. The van der Waals surface area contributed by atoms with Crippen LogP contribution in [0.15, 0.2) is 24.3 Å². The van der Waals surface area contributed by atoms with Gasteiger partial charge in [0.2, 0.25) is 0 Å². The van der Waals surface area contributed by atoms with Crippen molar-refractivity contribution in [2.24, 2.45) is 0 Å². The molecule has 2 bridgehead atoms. The van der Waals surface area contributed by atoms with Gasteiger partial charge >= 0.3 is 6.09 Å². The number of para-hydroxylation sites is 1. The number of piperidine rings is 1. The molecular formula is C16H21FN2O2. The van der Waals surface area contributed by atoms with Gasteiger partial charge in [0.15, 0.2) is 0 Å². The van der Waals surface area contributed by atoms with Crippen molar-refractivity contribution in [3.8, 4) is 0 Å². The Hall–Kier alpha value is -1.78. The van der Waals surface area contributed by atoms with Crippen LogP contribution in [0, 0.1) is 5.82 Å². The second kappa shape index (κ2) is 4.90. The molecule has 1 aromatic rings. The first-order valence-corrected chi connectivity index (χ1v) is 7.36. The molecule has 1 amide bonds. The third kappa shape index (κ3) is 2.69. The Morgan fingerprint density at radius 2 is 1.86 bits per heavy atom. The summed E-state index contributed by atoms with van der Waals surface area (Å²) in [6, 6.07) is 7.04. The summed E-state index contributed by atoms with van der Waals surface area (Å²) in [5.41, 5.74) is 0.141. The largest absolute Gasteiger partial charge is 0.444 e. The van der Waals surface area contributed by atoms with E-state index in [1.54, 1.807) is 12.1 Å². The molecule has 3 saturated heterocycles. The van der Waals surface area contributed by atoms with Crippen LogP contribution < -0.4 is 4.90 Å². The molecule has 114 valence electrons. The first-order valence-electron chi connectivity index (χ1n) is 7.36. The number of fused-ring (bicyclic) bond motifs is 2. The van der Waals surface area contributed by atoms with E-state index in [1.807, 2.05) is 36.6 Å². The highest BCUT2D eigenvalue weighted by molar-refractivity contribution is 5.71. The summed E-state index contributed by atoms with van der Waals surface area (Å²) in [5, 5.41) is 0. The normalized spacial score (nSPS) is 24.6. The van der Waals surface area contributed by atoms with E-state index < -0.39 is 5.60 Å². The van der Waals surface area contributed by atoms with E-state index in [2.05, 4.69) is 0 Å². The van der Waals surface area contributed by atoms with Crippen molar-refractivity contribution in [1.82, 2.24) is 4.90 Å². The lowest BCUT2D eigenvalue weighted by Crippen LogP contribution is -2.70. The number of nitrogens with zero attached hydrogens (tertiary/aromatic N) is 2. The van der Waals surface area contributed by atoms with Gasteiger partial charge < -0.3 is 9.64 Å². The number of hydrogen-bond acceptors (Lipinski definition) is 3. The van der Waals surface area contributed by atoms with Crippen molar-refractivity contribution in [3.05, 3.63) is 30.1 Å². The Morgan fingerprint density at radius 3 is 2.43 bits per heavy atom. The minimum absolute atomic E-state index is 0.123. The molecule has 0 saturated carbocycles. The topological polar surface area (TPSA) is 32.8 Å². The zero-order valence-electron chi connectivity index (χ0n) is 12.7. The van der Waals surface area contributed by atoms with Gasteiger partial charge in [0.05, 0.1) is 17.8 Å². The first kappa shape index (κ1) is 14.2. The molecule has 0 aliphatic carbocycles. The van der Waals surface area contributed by atoms with Crippen LogP contribution in [0.2, 0.25) is 0 Å². The molecule has 3 fully saturated rings. The van der Waals surface area contributed by atoms with E-state index >= 15 is 0 Å². The summed E-state index contributed by atoms with van der Waals surface area (Å²) >= 11 is 0. The fourth-order valence-corrected chi connectivity index (χ4v) is 3.13. The maximum atomic E-state index is 13.8. The van der Waals surface area contributed by atoms with Crippen molar-refractivity contribution < 1.29 is 13.9 Å². The van der Waals surface area contributed by atoms with Gasteiger partial charge in [0, 0.05) is 13.1 Å². The monoisotopic (exact) mass is 292 g/mol. The molecule has 2 atom stereocenters. The number of ether oxygens (including phenoxy) is 1. The van der Waals surface area contributed by atoms with E-state index in [9.17, 15) is 9.18 Å². The highest BCUT2D eigenvalue weighted by Crippen LogP contribution is 2.36.